The third kappa shape index (κ3) is 1.07. The number of H-pyrrole nitrogens is 1. The summed E-state index contributed by atoms with van der Waals surface area (Å²) in [6.45, 7) is 0. The molecule has 0 aliphatic carbocycles. The molecule has 0 aromatic carbocycles. The van der Waals surface area contributed by atoms with E-state index in [1.807, 2.05) is 0 Å². The molecule has 0 aliphatic rings. The molecule has 4 nitrogen and oxygen atoms in total. The number of nitrogens with one attached hydrogen (secondary N) is 1. The largest absolute Gasteiger partial charge is 0.496 e. The fourth-order valence-electron chi connectivity index (χ4n) is 1.31. The maximum atomic E-state index is 10.6. The van der Waals surface area contributed by atoms with Crippen molar-refractivity contribution in [3.05, 3.63) is 24.0 Å². The minimum atomic E-state index is 0.569. The van der Waals surface area contributed by atoms with Gasteiger partial charge in [-0.05, 0) is 6.07 Å². The van der Waals surface area contributed by atoms with Crippen molar-refractivity contribution in [2.45, 2.75) is 0 Å². The van der Waals surface area contributed by atoms with E-state index < -0.39 is 0 Å². The lowest BCUT2D eigenvalue weighted by atomic mass is 10.2. The Morgan fingerprint density at radius 1 is 1.62 bits per heavy atom. The molecule has 1 N–H and O–H groups in total. The Bertz CT molecular complexity index is 448. The minimum absolute atomic E-state index is 0.569. The molecule has 0 saturated carbocycles. The highest BCUT2D eigenvalue weighted by atomic mass is 16.5. The molecule has 4 heteroatoms. The molecular weight excluding hydrogens is 168 g/mol. The average molecular weight is 176 g/mol. The van der Waals surface area contributed by atoms with Crippen LogP contribution in [0.2, 0.25) is 0 Å². The summed E-state index contributed by atoms with van der Waals surface area (Å²) in [4.78, 5) is 17.6. The van der Waals surface area contributed by atoms with Crippen LogP contribution in [0.1, 0.15) is 10.4 Å². The zero-order valence-corrected chi connectivity index (χ0v) is 7.07. The first-order chi connectivity index (χ1) is 6.36. The number of fused-ring (bicyclic) bond motifs is 1. The lowest BCUT2D eigenvalue weighted by molar-refractivity contribution is 0.112. The van der Waals surface area contributed by atoms with Crippen LogP contribution in [0.5, 0.6) is 5.75 Å². The summed E-state index contributed by atoms with van der Waals surface area (Å²) in [7, 11) is 1.57. The number of rotatable bonds is 2. The van der Waals surface area contributed by atoms with Gasteiger partial charge in [0.1, 0.15) is 11.4 Å². The van der Waals surface area contributed by atoms with Gasteiger partial charge in [0.15, 0.2) is 6.29 Å². The standard InChI is InChI=1S/C9H8N2O2/c1-13-7-2-3-10-9-8(7)6(5-12)4-11-9/h2-5H,1H3,(H,10,11). The summed E-state index contributed by atoms with van der Waals surface area (Å²) in [6, 6.07) is 1.73. The SMILES string of the molecule is COc1ccnc2[nH]cc(C=O)c12. The van der Waals surface area contributed by atoms with Gasteiger partial charge in [-0.1, -0.05) is 0 Å². The molecule has 0 unspecified atom stereocenters. The molecule has 0 bridgehead atoms. The van der Waals surface area contributed by atoms with Gasteiger partial charge < -0.3 is 9.72 Å². The Balaban J connectivity index is 2.83. The van der Waals surface area contributed by atoms with Crippen LogP contribution < -0.4 is 4.74 Å². The van der Waals surface area contributed by atoms with Crippen LogP contribution in [0, 0.1) is 0 Å². The number of pyridine rings is 1. The van der Waals surface area contributed by atoms with Crippen molar-refractivity contribution in [2.24, 2.45) is 0 Å². The van der Waals surface area contributed by atoms with Crippen LogP contribution in [-0.2, 0) is 0 Å². The van der Waals surface area contributed by atoms with Crippen LogP contribution in [0.4, 0.5) is 0 Å². The first-order valence-corrected chi connectivity index (χ1v) is 3.82. The highest BCUT2D eigenvalue weighted by Crippen LogP contribution is 2.25. The zero-order valence-electron chi connectivity index (χ0n) is 7.07. The third-order valence-electron chi connectivity index (χ3n) is 1.91. The Kier molecular flexibility index (Phi) is 1.73. The molecule has 0 aliphatic heterocycles. The number of carbonyl (C=O) groups excluding carboxylic acids is 1. The molecule has 2 heterocycles. The van der Waals surface area contributed by atoms with Crippen molar-refractivity contribution >= 4 is 17.3 Å². The number of carbonyl (C=O) groups is 1. The number of hydrogen-bond donors (Lipinski definition) is 1. The van der Waals surface area contributed by atoms with Gasteiger partial charge in [-0.15, -0.1) is 0 Å². The van der Waals surface area contributed by atoms with Crippen LogP contribution in [0.15, 0.2) is 18.5 Å². The summed E-state index contributed by atoms with van der Waals surface area (Å²) in [5.41, 5.74) is 1.24. The number of aldehydes is 1. The van der Waals surface area contributed by atoms with E-state index in [4.69, 9.17) is 4.74 Å². The van der Waals surface area contributed by atoms with Gasteiger partial charge in [-0.2, -0.15) is 0 Å². The van der Waals surface area contributed by atoms with Gasteiger partial charge in [0.05, 0.1) is 12.5 Å². The summed E-state index contributed by atoms with van der Waals surface area (Å²) in [6.07, 6.45) is 4.03. The number of nitrogens with zero attached hydrogens (tertiary/aromatic N) is 1. The quantitative estimate of drug-likeness (QED) is 0.703. The van der Waals surface area contributed by atoms with Gasteiger partial charge in [-0.25, -0.2) is 4.98 Å². The van der Waals surface area contributed by atoms with Crippen molar-refractivity contribution in [3.63, 3.8) is 0 Å². The summed E-state index contributed by atoms with van der Waals surface area (Å²) < 4.78 is 5.11. The average Bonchev–Trinajstić information content (AvgIpc) is 2.60. The fraction of sp³-hybridized carbons (Fsp3) is 0.111. The summed E-state index contributed by atoms with van der Waals surface area (Å²) in [5.74, 6) is 0.661. The van der Waals surface area contributed by atoms with Crippen LogP contribution in [0.25, 0.3) is 11.0 Å². The Labute approximate surface area is 74.5 Å². The summed E-state index contributed by atoms with van der Waals surface area (Å²) >= 11 is 0. The first-order valence-electron chi connectivity index (χ1n) is 3.82. The smallest absolute Gasteiger partial charge is 0.152 e. The number of aromatic nitrogens is 2. The molecule has 13 heavy (non-hydrogen) atoms. The van der Waals surface area contributed by atoms with Crippen LogP contribution in [-0.4, -0.2) is 23.4 Å². The summed E-state index contributed by atoms with van der Waals surface area (Å²) in [5, 5.41) is 0.736. The number of methoxy groups -OCH3 is 1. The van der Waals surface area contributed by atoms with E-state index >= 15 is 0 Å². The lowest BCUT2D eigenvalue weighted by Crippen LogP contribution is -1.86. The molecular formula is C9H8N2O2. The van der Waals surface area contributed by atoms with Gasteiger partial charge in [-0.3, -0.25) is 4.79 Å². The van der Waals surface area contributed by atoms with E-state index in [9.17, 15) is 4.79 Å². The Morgan fingerprint density at radius 2 is 2.46 bits per heavy atom. The van der Waals surface area contributed by atoms with Crippen molar-refractivity contribution in [3.8, 4) is 5.75 Å². The first kappa shape index (κ1) is 7.79. The highest BCUT2D eigenvalue weighted by molar-refractivity contribution is 5.99. The second-order valence-electron chi connectivity index (χ2n) is 2.60. The maximum Gasteiger partial charge on any atom is 0.152 e. The van der Waals surface area contributed by atoms with E-state index in [1.165, 1.54) is 0 Å². The molecule has 2 aromatic rings. The van der Waals surface area contributed by atoms with E-state index in [0.29, 0.717) is 17.0 Å². The topological polar surface area (TPSA) is 55.0 Å². The van der Waals surface area contributed by atoms with Gasteiger partial charge in [0.2, 0.25) is 0 Å². The van der Waals surface area contributed by atoms with E-state index in [2.05, 4.69) is 9.97 Å². The molecule has 0 amide bonds. The Morgan fingerprint density at radius 3 is 3.15 bits per heavy atom. The highest BCUT2D eigenvalue weighted by Gasteiger charge is 2.08. The lowest BCUT2D eigenvalue weighted by Gasteiger charge is -2.00. The van der Waals surface area contributed by atoms with Gasteiger partial charge in [0.25, 0.3) is 0 Å². The molecule has 0 spiro atoms. The van der Waals surface area contributed by atoms with Crippen molar-refractivity contribution in [1.82, 2.24) is 9.97 Å². The van der Waals surface area contributed by atoms with E-state index in [1.54, 1.807) is 25.6 Å². The monoisotopic (exact) mass is 176 g/mol. The molecule has 2 rings (SSSR count). The Hall–Kier alpha value is -1.84. The van der Waals surface area contributed by atoms with E-state index in [-0.39, 0.29) is 0 Å². The molecule has 66 valence electrons. The van der Waals surface area contributed by atoms with Crippen LogP contribution >= 0.6 is 0 Å². The third-order valence-corrected chi connectivity index (χ3v) is 1.91. The van der Waals surface area contributed by atoms with Crippen LogP contribution in [0.3, 0.4) is 0 Å². The van der Waals surface area contributed by atoms with Gasteiger partial charge in [0, 0.05) is 18.0 Å². The molecule has 0 atom stereocenters. The second kappa shape index (κ2) is 2.90. The van der Waals surface area contributed by atoms with Crippen molar-refractivity contribution in [2.75, 3.05) is 7.11 Å². The normalized spacial score (nSPS) is 10.2. The predicted octanol–water partition coefficient (Wildman–Crippen LogP) is 1.38. The maximum absolute atomic E-state index is 10.6. The number of hydrogen-bond acceptors (Lipinski definition) is 3. The second-order valence-corrected chi connectivity index (χ2v) is 2.60. The van der Waals surface area contributed by atoms with Crippen molar-refractivity contribution in [1.29, 1.82) is 0 Å². The van der Waals surface area contributed by atoms with Gasteiger partial charge >= 0.3 is 0 Å². The van der Waals surface area contributed by atoms with Crippen molar-refractivity contribution < 1.29 is 9.53 Å². The number of ether oxygens (including phenoxy) is 1. The minimum Gasteiger partial charge on any atom is -0.496 e. The molecule has 0 saturated heterocycles. The zero-order chi connectivity index (χ0) is 9.26. The fourth-order valence-corrected chi connectivity index (χ4v) is 1.31. The molecule has 0 radical (unpaired) electrons. The molecule has 0 fully saturated rings. The molecule has 2 aromatic heterocycles. The van der Waals surface area contributed by atoms with E-state index in [0.717, 1.165) is 11.7 Å². The predicted molar refractivity (Wildman–Crippen MR) is 48.0 cm³/mol. The number of aromatic amines is 1.